The van der Waals surface area contributed by atoms with Crippen LogP contribution in [0.2, 0.25) is 0 Å². The van der Waals surface area contributed by atoms with Crippen LogP contribution in [0.4, 0.5) is 0 Å². The first-order valence-corrected chi connectivity index (χ1v) is 10.8. The molecule has 0 bridgehead atoms. The van der Waals surface area contributed by atoms with E-state index >= 15 is 0 Å². The van der Waals surface area contributed by atoms with Crippen molar-refractivity contribution < 1.29 is 23.7 Å². The lowest BCUT2D eigenvalue weighted by Crippen LogP contribution is -2.14. The molecule has 0 spiro atoms. The molecule has 0 fully saturated rings. The molecular formula is C21H34N2O5S. The molecule has 1 atom stereocenters. The molecule has 0 saturated carbocycles. The topological polar surface area (TPSA) is 70.9 Å². The van der Waals surface area contributed by atoms with Crippen LogP contribution >= 0.6 is 11.8 Å². The first-order valence-electron chi connectivity index (χ1n) is 9.61. The molecule has 0 N–H and O–H groups in total. The summed E-state index contributed by atoms with van der Waals surface area (Å²) in [5, 5.41) is 0.772. The summed E-state index contributed by atoms with van der Waals surface area (Å²) in [4.78, 5) is 8.88. The second-order valence-electron chi connectivity index (χ2n) is 6.11. The summed E-state index contributed by atoms with van der Waals surface area (Å²) in [6.07, 6.45) is 4.47. The van der Waals surface area contributed by atoms with Crippen LogP contribution in [0.5, 0.6) is 11.5 Å². The fraction of sp³-hybridized carbons (Fsp3) is 0.619. The van der Waals surface area contributed by atoms with Crippen LogP contribution in [0.1, 0.15) is 43.9 Å². The Balaban J connectivity index is 0.000000960. The Kier molecular flexibility index (Phi) is 12.6. The van der Waals surface area contributed by atoms with Gasteiger partial charge in [0.25, 0.3) is 0 Å². The number of hydrogen-bond acceptors (Lipinski definition) is 8. The van der Waals surface area contributed by atoms with Gasteiger partial charge in [-0.15, -0.1) is 11.8 Å². The molecule has 0 amide bonds. The minimum Gasteiger partial charge on any atom is -0.493 e. The van der Waals surface area contributed by atoms with Gasteiger partial charge in [-0.2, -0.15) is 0 Å². The second kappa shape index (κ2) is 14.4. The normalized spacial score (nSPS) is 16.0. The Hall–Kier alpha value is -1.61. The van der Waals surface area contributed by atoms with Gasteiger partial charge < -0.3 is 23.7 Å². The predicted octanol–water partition coefficient (Wildman–Crippen LogP) is 4.34. The Bertz CT molecular complexity index is 677. The molecule has 7 nitrogen and oxygen atoms in total. The fourth-order valence-electron chi connectivity index (χ4n) is 2.56. The maximum atomic E-state index is 5.71. The lowest BCUT2D eigenvalue weighted by molar-refractivity contribution is -0.0270. The molecular weight excluding hydrogens is 392 g/mol. The number of unbranched alkanes of at least 4 members (excludes halogenated alkanes) is 1. The summed E-state index contributed by atoms with van der Waals surface area (Å²) in [7, 11) is 6.59. The standard InChI is InChI=1S/C17H24N2O5S.C4H10/c1-18-15(17(25-5)19-9-23-10-20-2)11-6-12-14(22-4)8-24-16(12)13(7-11)21-3;1-3-4-2/h6-7,14H,8-10H2,1-5H3;3-4H2,1-2H3/b18-15?,19-17-;. The molecule has 1 unspecified atom stereocenters. The molecule has 1 aliphatic rings. The van der Waals surface area contributed by atoms with Gasteiger partial charge in [0.1, 0.15) is 31.3 Å². The van der Waals surface area contributed by atoms with E-state index in [4.69, 9.17) is 23.7 Å². The molecule has 29 heavy (non-hydrogen) atoms. The second-order valence-corrected chi connectivity index (χ2v) is 6.91. The van der Waals surface area contributed by atoms with Crippen LogP contribution in [-0.4, -0.2) is 65.5 Å². The molecule has 0 saturated heterocycles. The van der Waals surface area contributed by atoms with Crippen molar-refractivity contribution >= 4 is 22.5 Å². The van der Waals surface area contributed by atoms with Crippen molar-refractivity contribution in [3.05, 3.63) is 23.3 Å². The first-order chi connectivity index (χ1) is 14.1. The molecule has 1 aliphatic heterocycles. The van der Waals surface area contributed by atoms with E-state index in [1.807, 2.05) is 18.4 Å². The van der Waals surface area contributed by atoms with Crippen molar-refractivity contribution in [1.82, 2.24) is 0 Å². The van der Waals surface area contributed by atoms with E-state index in [9.17, 15) is 0 Å². The zero-order valence-corrected chi connectivity index (χ0v) is 19.4. The minimum atomic E-state index is -0.123. The predicted molar refractivity (Wildman–Crippen MR) is 120 cm³/mol. The Morgan fingerprint density at radius 2 is 1.93 bits per heavy atom. The van der Waals surface area contributed by atoms with E-state index in [-0.39, 0.29) is 19.6 Å². The van der Waals surface area contributed by atoms with Gasteiger partial charge in [0.2, 0.25) is 0 Å². The number of thioether (sulfide) groups is 1. The summed E-state index contributed by atoms with van der Waals surface area (Å²) in [6.45, 7) is 5.23. The third kappa shape index (κ3) is 7.29. The van der Waals surface area contributed by atoms with Gasteiger partial charge in [-0.1, -0.05) is 26.7 Å². The van der Waals surface area contributed by atoms with Crippen molar-refractivity contribution in [3.8, 4) is 11.5 Å². The van der Waals surface area contributed by atoms with Crippen molar-refractivity contribution in [2.45, 2.75) is 32.8 Å². The highest BCUT2D eigenvalue weighted by Gasteiger charge is 2.29. The molecule has 1 heterocycles. The number of fused-ring (bicyclic) bond motifs is 1. The molecule has 0 radical (unpaired) electrons. The Morgan fingerprint density at radius 3 is 2.45 bits per heavy atom. The van der Waals surface area contributed by atoms with E-state index in [0.29, 0.717) is 12.4 Å². The number of nitrogens with zero attached hydrogens (tertiary/aromatic N) is 2. The third-order valence-electron chi connectivity index (χ3n) is 4.21. The summed E-state index contributed by atoms with van der Waals surface area (Å²) in [6, 6.07) is 3.92. The fourth-order valence-corrected chi connectivity index (χ4v) is 3.14. The van der Waals surface area contributed by atoms with E-state index in [1.165, 1.54) is 24.6 Å². The van der Waals surface area contributed by atoms with Crippen LogP contribution in [0.3, 0.4) is 0 Å². The molecule has 0 aliphatic carbocycles. The van der Waals surface area contributed by atoms with Gasteiger partial charge in [0.15, 0.2) is 11.5 Å². The van der Waals surface area contributed by atoms with Crippen LogP contribution in [-0.2, 0) is 14.2 Å². The molecule has 8 heteroatoms. The summed E-state index contributed by atoms with van der Waals surface area (Å²) in [5.41, 5.74) is 2.61. The molecule has 1 aromatic carbocycles. The zero-order chi connectivity index (χ0) is 21.6. The number of hydrogen-bond donors (Lipinski definition) is 0. The van der Waals surface area contributed by atoms with Gasteiger partial charge in [0, 0.05) is 32.4 Å². The van der Waals surface area contributed by atoms with Crippen LogP contribution in [0.15, 0.2) is 22.1 Å². The van der Waals surface area contributed by atoms with E-state index < -0.39 is 0 Å². The number of rotatable bonds is 9. The smallest absolute Gasteiger partial charge is 0.167 e. The molecule has 164 valence electrons. The summed E-state index contributed by atoms with van der Waals surface area (Å²) in [5.74, 6) is 1.38. The van der Waals surface area contributed by atoms with E-state index in [1.54, 1.807) is 28.4 Å². The van der Waals surface area contributed by atoms with Crippen LogP contribution in [0, 0.1) is 0 Å². The van der Waals surface area contributed by atoms with Gasteiger partial charge in [-0.05, 0) is 18.4 Å². The number of methoxy groups -OCH3 is 3. The SMILES string of the molecule is CCCC.CN=C(/C(=N/COCOC)SC)c1cc(OC)c2c(c1)C(OC)CO2. The van der Waals surface area contributed by atoms with Gasteiger partial charge in [-0.25, -0.2) is 4.99 Å². The maximum absolute atomic E-state index is 5.71. The highest BCUT2D eigenvalue weighted by molar-refractivity contribution is 8.15. The highest BCUT2D eigenvalue weighted by Crippen LogP contribution is 2.42. The van der Waals surface area contributed by atoms with E-state index in [0.717, 1.165) is 27.6 Å². The number of aliphatic imine (C=N–C) groups is 2. The average Bonchev–Trinajstić information content (AvgIpc) is 3.18. The van der Waals surface area contributed by atoms with E-state index in [2.05, 4.69) is 23.8 Å². The van der Waals surface area contributed by atoms with Gasteiger partial charge in [0.05, 0.1) is 12.8 Å². The Morgan fingerprint density at radius 1 is 1.21 bits per heavy atom. The maximum Gasteiger partial charge on any atom is 0.167 e. The van der Waals surface area contributed by atoms with Gasteiger partial charge in [-0.3, -0.25) is 4.99 Å². The minimum absolute atomic E-state index is 0.123. The van der Waals surface area contributed by atoms with Gasteiger partial charge >= 0.3 is 0 Å². The van der Waals surface area contributed by atoms with Crippen LogP contribution in [0.25, 0.3) is 0 Å². The number of benzene rings is 1. The summed E-state index contributed by atoms with van der Waals surface area (Å²) >= 11 is 1.50. The zero-order valence-electron chi connectivity index (χ0n) is 18.6. The summed E-state index contributed by atoms with van der Waals surface area (Å²) < 4.78 is 26.8. The van der Waals surface area contributed by atoms with Crippen molar-refractivity contribution in [1.29, 1.82) is 0 Å². The molecule has 0 aromatic heterocycles. The largest absolute Gasteiger partial charge is 0.493 e. The number of ether oxygens (including phenoxy) is 5. The first kappa shape index (κ1) is 25.4. The lowest BCUT2D eigenvalue weighted by Gasteiger charge is -2.13. The lowest BCUT2D eigenvalue weighted by atomic mass is 10.0. The highest BCUT2D eigenvalue weighted by atomic mass is 32.2. The van der Waals surface area contributed by atoms with Crippen molar-refractivity contribution in [2.24, 2.45) is 9.98 Å². The average molecular weight is 427 g/mol. The molecule has 1 aromatic rings. The Labute approximate surface area is 178 Å². The van der Waals surface area contributed by atoms with Crippen molar-refractivity contribution in [3.63, 3.8) is 0 Å². The molecule has 2 rings (SSSR count). The third-order valence-corrected chi connectivity index (χ3v) is 4.92. The van der Waals surface area contributed by atoms with Crippen LogP contribution < -0.4 is 9.47 Å². The van der Waals surface area contributed by atoms with Crippen molar-refractivity contribution in [2.75, 3.05) is 54.8 Å². The quantitative estimate of drug-likeness (QED) is 0.253. The monoisotopic (exact) mass is 426 g/mol.